The first-order chi connectivity index (χ1) is 18.0. The van der Waals surface area contributed by atoms with Crippen LogP contribution in [0.3, 0.4) is 0 Å². The quantitative estimate of drug-likeness (QED) is 0.233. The van der Waals surface area contributed by atoms with Crippen molar-refractivity contribution in [2.24, 2.45) is 5.73 Å². The minimum atomic E-state index is -1.01. The summed E-state index contributed by atoms with van der Waals surface area (Å²) in [4.78, 5) is 19.9. The predicted octanol–water partition coefficient (Wildman–Crippen LogP) is 5.99. The largest absolute Gasteiger partial charge is 0.497 e. The van der Waals surface area contributed by atoms with E-state index in [2.05, 4.69) is 28.2 Å². The van der Waals surface area contributed by atoms with Gasteiger partial charge < -0.3 is 20.3 Å². The van der Waals surface area contributed by atoms with Crippen LogP contribution in [0.5, 0.6) is 11.6 Å². The number of thiophene rings is 1. The zero-order chi connectivity index (χ0) is 25.8. The molecule has 0 fully saturated rings. The first-order valence-electron chi connectivity index (χ1n) is 11.7. The van der Waals surface area contributed by atoms with Crippen LogP contribution in [0.15, 0.2) is 84.5 Å². The third-order valence-corrected chi connectivity index (χ3v) is 7.05. The van der Waals surface area contributed by atoms with Crippen LogP contribution in [0.2, 0.25) is 0 Å². The van der Waals surface area contributed by atoms with Crippen molar-refractivity contribution in [3.8, 4) is 33.9 Å². The first kappa shape index (κ1) is 27.1. The van der Waals surface area contributed by atoms with Crippen LogP contribution in [0, 0.1) is 0 Å². The maximum atomic E-state index is 11.0. The Balaban J connectivity index is 0.00000336. The third-order valence-electron chi connectivity index (χ3n) is 6.09. The lowest BCUT2D eigenvalue weighted by Crippen LogP contribution is -2.32. The van der Waals surface area contributed by atoms with Crippen molar-refractivity contribution in [1.82, 2.24) is 9.97 Å². The maximum absolute atomic E-state index is 11.0. The molecule has 0 saturated heterocycles. The molecule has 3 aromatic carbocycles. The average Bonchev–Trinajstić information content (AvgIpc) is 3.37. The lowest BCUT2D eigenvalue weighted by molar-refractivity contribution is -0.138. The normalized spacial score (nSPS) is 11.5. The van der Waals surface area contributed by atoms with Crippen molar-refractivity contribution < 1.29 is 19.4 Å². The van der Waals surface area contributed by atoms with E-state index in [0.717, 1.165) is 49.3 Å². The number of aliphatic carboxylic acids is 1. The molecule has 5 rings (SSSR count). The Morgan fingerprint density at radius 1 is 0.974 bits per heavy atom. The van der Waals surface area contributed by atoms with Crippen LogP contribution in [0.4, 0.5) is 0 Å². The molecule has 7 nitrogen and oxygen atoms in total. The van der Waals surface area contributed by atoms with E-state index in [9.17, 15) is 4.79 Å². The molecule has 1 unspecified atom stereocenters. The molecule has 2 aromatic heterocycles. The fourth-order valence-corrected chi connectivity index (χ4v) is 5.02. The van der Waals surface area contributed by atoms with Crippen LogP contribution in [-0.4, -0.2) is 34.2 Å². The number of carboxylic acid groups (broad SMARTS) is 1. The molecular formula is C29H26ClN3O4S. The second-order valence-electron chi connectivity index (χ2n) is 8.57. The number of fused-ring (bicyclic) bond motifs is 1. The van der Waals surface area contributed by atoms with E-state index in [0.29, 0.717) is 12.5 Å². The number of methoxy groups -OCH3 is 1. The number of rotatable bonds is 9. The fraction of sp³-hybridized carbons (Fsp3) is 0.138. The second-order valence-corrected chi connectivity index (χ2v) is 9.45. The van der Waals surface area contributed by atoms with E-state index in [1.165, 1.54) is 17.7 Å². The number of halogens is 1. The Labute approximate surface area is 230 Å². The molecule has 0 amide bonds. The number of hydrogen-bond donors (Lipinski definition) is 2. The number of ether oxygens (including phenoxy) is 2. The first-order valence-corrected chi connectivity index (χ1v) is 12.6. The number of hydrogen-bond acceptors (Lipinski definition) is 7. The summed E-state index contributed by atoms with van der Waals surface area (Å²) >= 11 is 1.53. The summed E-state index contributed by atoms with van der Waals surface area (Å²) in [5.41, 5.74) is 12.5. The van der Waals surface area contributed by atoms with Crippen LogP contribution in [-0.2, 0) is 17.8 Å². The van der Waals surface area contributed by atoms with Crippen molar-refractivity contribution in [2.75, 3.05) is 7.11 Å². The van der Waals surface area contributed by atoms with Gasteiger partial charge in [0.05, 0.1) is 12.6 Å². The molecule has 0 saturated carbocycles. The van der Waals surface area contributed by atoms with Crippen molar-refractivity contribution >= 4 is 39.9 Å². The van der Waals surface area contributed by atoms with Crippen LogP contribution in [0.1, 0.15) is 11.1 Å². The highest BCUT2D eigenvalue weighted by molar-refractivity contribution is 7.18. The van der Waals surface area contributed by atoms with Gasteiger partial charge in [-0.15, -0.1) is 23.7 Å². The number of nitrogens with zero attached hydrogens (tertiary/aromatic N) is 2. The van der Waals surface area contributed by atoms with Crippen LogP contribution in [0.25, 0.3) is 32.5 Å². The summed E-state index contributed by atoms with van der Waals surface area (Å²) in [5, 5.41) is 11.1. The molecule has 0 aliphatic heterocycles. The molecule has 38 heavy (non-hydrogen) atoms. The van der Waals surface area contributed by atoms with Crippen molar-refractivity contribution in [3.63, 3.8) is 0 Å². The van der Waals surface area contributed by atoms with Crippen molar-refractivity contribution in [2.45, 2.75) is 19.1 Å². The lowest BCUT2D eigenvalue weighted by atomic mass is 10.0. The Morgan fingerprint density at radius 3 is 2.39 bits per heavy atom. The molecule has 0 aliphatic rings. The molecule has 3 N–H and O–H groups in total. The van der Waals surface area contributed by atoms with Gasteiger partial charge in [-0.1, -0.05) is 60.7 Å². The van der Waals surface area contributed by atoms with E-state index in [1.807, 2.05) is 60.0 Å². The van der Waals surface area contributed by atoms with Gasteiger partial charge in [0.15, 0.2) is 0 Å². The zero-order valence-electron chi connectivity index (χ0n) is 20.5. The standard InChI is InChI=1S/C29H25N3O4S.ClH/c1-35-23-4-2-3-22(14-23)20-9-7-19(8-10-20)15-36-28-27-26(31-17-32-28)24(16-37-27)21-11-5-18(6-12-21)13-25(30)29(33)34;/h2-12,14,16-17,25H,13,15,30H2,1H3,(H,33,34);1H. The van der Waals surface area contributed by atoms with Gasteiger partial charge in [0.25, 0.3) is 0 Å². The Morgan fingerprint density at radius 2 is 1.68 bits per heavy atom. The minimum Gasteiger partial charge on any atom is -0.497 e. The molecule has 5 aromatic rings. The van der Waals surface area contributed by atoms with E-state index in [-0.39, 0.29) is 18.8 Å². The van der Waals surface area contributed by atoms with Gasteiger partial charge in [0.1, 0.15) is 29.4 Å². The van der Waals surface area contributed by atoms with Gasteiger partial charge in [-0.05, 0) is 46.4 Å². The van der Waals surface area contributed by atoms with E-state index < -0.39 is 12.0 Å². The van der Waals surface area contributed by atoms with Gasteiger partial charge in [-0.2, -0.15) is 0 Å². The highest BCUT2D eigenvalue weighted by atomic mass is 35.5. The molecule has 9 heteroatoms. The Bertz CT molecular complexity index is 1540. The summed E-state index contributed by atoms with van der Waals surface area (Å²) in [6.07, 6.45) is 1.79. The van der Waals surface area contributed by atoms with E-state index in [4.69, 9.17) is 20.3 Å². The third kappa shape index (κ3) is 5.94. The number of nitrogens with two attached hydrogens (primary N) is 1. The summed E-state index contributed by atoms with van der Waals surface area (Å²) in [6, 6.07) is 23.0. The molecular weight excluding hydrogens is 522 g/mol. The van der Waals surface area contributed by atoms with Gasteiger partial charge in [-0.25, -0.2) is 9.97 Å². The van der Waals surface area contributed by atoms with Gasteiger partial charge in [0.2, 0.25) is 5.88 Å². The summed E-state index contributed by atoms with van der Waals surface area (Å²) in [6.45, 7) is 0.385. The molecule has 0 radical (unpaired) electrons. The Hall–Kier alpha value is -3.98. The molecule has 0 aliphatic carbocycles. The summed E-state index contributed by atoms with van der Waals surface area (Å²) in [7, 11) is 1.66. The number of carboxylic acids is 1. The monoisotopic (exact) mass is 547 g/mol. The SMILES string of the molecule is COc1cccc(-c2ccc(COc3ncnc4c(-c5ccc(CC(N)C(=O)O)cc5)csc34)cc2)c1.Cl. The van der Waals surface area contributed by atoms with Crippen molar-refractivity contribution in [3.05, 3.63) is 95.6 Å². The smallest absolute Gasteiger partial charge is 0.320 e. The predicted molar refractivity (Wildman–Crippen MR) is 152 cm³/mol. The minimum absolute atomic E-state index is 0. The lowest BCUT2D eigenvalue weighted by Gasteiger charge is -2.09. The topological polar surface area (TPSA) is 108 Å². The number of benzene rings is 3. The average molecular weight is 548 g/mol. The molecule has 0 spiro atoms. The van der Waals surface area contributed by atoms with Crippen LogP contribution < -0.4 is 15.2 Å². The van der Waals surface area contributed by atoms with Gasteiger partial charge >= 0.3 is 5.97 Å². The number of carbonyl (C=O) groups is 1. The van der Waals surface area contributed by atoms with Gasteiger partial charge in [-0.3, -0.25) is 4.79 Å². The highest BCUT2D eigenvalue weighted by Gasteiger charge is 2.15. The fourth-order valence-electron chi connectivity index (χ4n) is 4.05. The molecule has 1 atom stereocenters. The Kier molecular flexibility index (Phi) is 8.58. The highest BCUT2D eigenvalue weighted by Crippen LogP contribution is 2.37. The van der Waals surface area contributed by atoms with Gasteiger partial charge in [0, 0.05) is 10.9 Å². The molecule has 194 valence electrons. The number of aromatic nitrogens is 2. The van der Waals surface area contributed by atoms with E-state index >= 15 is 0 Å². The van der Waals surface area contributed by atoms with E-state index in [1.54, 1.807) is 7.11 Å². The van der Waals surface area contributed by atoms with Crippen LogP contribution >= 0.6 is 23.7 Å². The second kappa shape index (κ2) is 12.0. The zero-order valence-corrected chi connectivity index (χ0v) is 22.2. The molecule has 0 bridgehead atoms. The van der Waals surface area contributed by atoms with Crippen molar-refractivity contribution in [1.29, 1.82) is 0 Å². The maximum Gasteiger partial charge on any atom is 0.320 e. The summed E-state index contributed by atoms with van der Waals surface area (Å²) < 4.78 is 12.3. The molecule has 2 heterocycles. The summed E-state index contributed by atoms with van der Waals surface area (Å²) in [5.74, 6) is 0.360.